The molecule has 0 aliphatic carbocycles. The van der Waals surface area contributed by atoms with Crippen LogP contribution in [0.5, 0.6) is 5.75 Å². The summed E-state index contributed by atoms with van der Waals surface area (Å²) in [5.41, 5.74) is 0.530. The quantitative estimate of drug-likeness (QED) is 0.432. The van der Waals surface area contributed by atoms with Gasteiger partial charge in [-0.25, -0.2) is 0 Å². The first-order chi connectivity index (χ1) is 11.5. The van der Waals surface area contributed by atoms with Crippen LogP contribution in [0.3, 0.4) is 0 Å². The molecule has 0 saturated heterocycles. The third-order valence-corrected chi connectivity index (χ3v) is 4.78. The lowest BCUT2D eigenvalue weighted by molar-refractivity contribution is 0.131. The summed E-state index contributed by atoms with van der Waals surface area (Å²) < 4.78 is 16.8. The fourth-order valence-corrected chi connectivity index (χ4v) is 3.10. The number of oxime groups is 1. The molecule has 0 heterocycles. The standard InChI is InChI=1S/C17H20NO5P/c1-22-16-9-7-15(8-10-16)17(24(19,20)21)11-12-18-23-13-14-5-3-2-4-6-14/h2-10,12,17H,11,13H2,1H3,(H2,19,20,21)/b18-12+. The second-order valence-corrected chi connectivity index (χ2v) is 6.96. The minimum Gasteiger partial charge on any atom is -0.497 e. The Morgan fingerprint density at radius 3 is 2.38 bits per heavy atom. The maximum atomic E-state index is 11.7. The Hall–Kier alpha value is -2.14. The van der Waals surface area contributed by atoms with Gasteiger partial charge in [-0.3, -0.25) is 4.57 Å². The minimum absolute atomic E-state index is 0.0748. The van der Waals surface area contributed by atoms with E-state index in [0.29, 0.717) is 17.9 Å². The first-order valence-corrected chi connectivity index (χ1v) is 9.05. The highest BCUT2D eigenvalue weighted by molar-refractivity contribution is 7.52. The topological polar surface area (TPSA) is 88.4 Å². The Kier molecular flexibility index (Phi) is 6.55. The highest BCUT2D eigenvalue weighted by Crippen LogP contribution is 2.53. The number of ether oxygens (including phenoxy) is 1. The molecule has 0 aromatic heterocycles. The maximum Gasteiger partial charge on any atom is 0.333 e. The Labute approximate surface area is 140 Å². The number of benzene rings is 2. The highest BCUT2D eigenvalue weighted by Gasteiger charge is 2.29. The summed E-state index contributed by atoms with van der Waals surface area (Å²) in [6.07, 6.45) is 1.46. The average Bonchev–Trinajstić information content (AvgIpc) is 2.58. The van der Waals surface area contributed by atoms with Gasteiger partial charge in [0.1, 0.15) is 12.4 Å². The van der Waals surface area contributed by atoms with Gasteiger partial charge in [0.05, 0.1) is 12.8 Å². The van der Waals surface area contributed by atoms with Crippen LogP contribution in [0.15, 0.2) is 59.8 Å². The van der Waals surface area contributed by atoms with E-state index in [2.05, 4.69) is 5.16 Å². The molecule has 1 atom stereocenters. The molecule has 0 fully saturated rings. The van der Waals surface area contributed by atoms with Crippen LogP contribution in [0.25, 0.3) is 0 Å². The van der Waals surface area contributed by atoms with E-state index in [1.54, 1.807) is 24.3 Å². The van der Waals surface area contributed by atoms with Gasteiger partial charge in [-0.2, -0.15) is 0 Å². The molecule has 128 valence electrons. The molecule has 2 N–H and O–H groups in total. The summed E-state index contributed by atoms with van der Waals surface area (Å²) in [4.78, 5) is 24.3. The maximum absolute atomic E-state index is 11.7. The smallest absolute Gasteiger partial charge is 0.333 e. The van der Waals surface area contributed by atoms with Crippen molar-refractivity contribution in [3.63, 3.8) is 0 Å². The molecule has 2 aromatic rings. The van der Waals surface area contributed by atoms with Gasteiger partial charge in [-0.05, 0) is 23.3 Å². The van der Waals surface area contributed by atoms with Crippen molar-refractivity contribution < 1.29 is 23.9 Å². The van der Waals surface area contributed by atoms with Gasteiger partial charge in [0.2, 0.25) is 0 Å². The van der Waals surface area contributed by atoms with E-state index >= 15 is 0 Å². The lowest BCUT2D eigenvalue weighted by Crippen LogP contribution is -2.01. The fraction of sp³-hybridized carbons (Fsp3) is 0.235. The molecule has 1 unspecified atom stereocenters. The van der Waals surface area contributed by atoms with Crippen LogP contribution in [0.1, 0.15) is 23.2 Å². The first kappa shape index (κ1) is 18.2. The van der Waals surface area contributed by atoms with Crippen molar-refractivity contribution in [2.24, 2.45) is 5.16 Å². The van der Waals surface area contributed by atoms with Crippen LogP contribution >= 0.6 is 7.60 Å². The fourth-order valence-electron chi connectivity index (χ4n) is 2.18. The monoisotopic (exact) mass is 349 g/mol. The number of rotatable bonds is 8. The Morgan fingerprint density at radius 1 is 1.12 bits per heavy atom. The molecule has 0 bridgehead atoms. The van der Waals surface area contributed by atoms with E-state index in [0.717, 1.165) is 5.56 Å². The summed E-state index contributed by atoms with van der Waals surface area (Å²) in [5, 5.41) is 3.79. The molecule has 2 aromatic carbocycles. The van der Waals surface area contributed by atoms with Gasteiger partial charge in [0, 0.05) is 12.6 Å². The van der Waals surface area contributed by atoms with Crippen LogP contribution < -0.4 is 4.74 Å². The van der Waals surface area contributed by atoms with Crippen LogP contribution in [-0.4, -0.2) is 23.1 Å². The zero-order chi connectivity index (χ0) is 17.4. The van der Waals surface area contributed by atoms with Crippen molar-refractivity contribution in [1.29, 1.82) is 0 Å². The SMILES string of the molecule is COc1ccc(C(C/C=N/OCc2ccccc2)P(=O)(O)O)cc1. The van der Waals surface area contributed by atoms with Gasteiger partial charge < -0.3 is 19.4 Å². The molecule has 7 heteroatoms. The molecule has 0 aliphatic rings. The molecular weight excluding hydrogens is 329 g/mol. The Balaban J connectivity index is 1.96. The van der Waals surface area contributed by atoms with Crippen LogP contribution in [-0.2, 0) is 16.0 Å². The number of nitrogens with zero attached hydrogens (tertiary/aromatic N) is 1. The molecule has 0 saturated carbocycles. The second kappa shape index (κ2) is 8.64. The summed E-state index contributed by atoms with van der Waals surface area (Å²) in [5.74, 6) is 0.628. The van der Waals surface area contributed by atoms with Crippen molar-refractivity contribution in [1.82, 2.24) is 0 Å². The third-order valence-electron chi connectivity index (χ3n) is 3.46. The molecule has 0 radical (unpaired) electrons. The summed E-state index contributed by atoms with van der Waals surface area (Å²) >= 11 is 0. The number of hydrogen-bond acceptors (Lipinski definition) is 4. The van der Waals surface area contributed by atoms with Crippen molar-refractivity contribution in [3.8, 4) is 5.75 Å². The van der Waals surface area contributed by atoms with E-state index < -0.39 is 13.3 Å². The second-order valence-electron chi connectivity index (χ2n) is 5.16. The number of methoxy groups -OCH3 is 1. The van der Waals surface area contributed by atoms with Gasteiger partial charge >= 0.3 is 7.60 Å². The van der Waals surface area contributed by atoms with Crippen LogP contribution in [0, 0.1) is 0 Å². The molecule has 24 heavy (non-hydrogen) atoms. The Morgan fingerprint density at radius 2 is 1.79 bits per heavy atom. The van der Waals surface area contributed by atoms with E-state index in [1.165, 1.54) is 13.3 Å². The molecule has 0 amide bonds. The van der Waals surface area contributed by atoms with Crippen molar-refractivity contribution in [2.75, 3.05) is 7.11 Å². The van der Waals surface area contributed by atoms with Crippen molar-refractivity contribution in [3.05, 3.63) is 65.7 Å². The molecule has 6 nitrogen and oxygen atoms in total. The van der Waals surface area contributed by atoms with E-state index in [9.17, 15) is 14.4 Å². The minimum atomic E-state index is -4.32. The lowest BCUT2D eigenvalue weighted by Gasteiger charge is -2.17. The van der Waals surface area contributed by atoms with Crippen LogP contribution in [0.4, 0.5) is 0 Å². The predicted molar refractivity (Wildman–Crippen MR) is 92.1 cm³/mol. The predicted octanol–water partition coefficient (Wildman–Crippen LogP) is 3.51. The third kappa shape index (κ3) is 5.49. The van der Waals surface area contributed by atoms with Gasteiger partial charge in [-0.1, -0.05) is 47.6 Å². The molecule has 0 aliphatic heterocycles. The summed E-state index contributed by atoms with van der Waals surface area (Å²) in [6.45, 7) is 0.306. The largest absolute Gasteiger partial charge is 0.497 e. The Bertz CT molecular complexity index is 697. The number of hydrogen-bond donors (Lipinski definition) is 2. The van der Waals surface area contributed by atoms with Gasteiger partial charge in [-0.15, -0.1) is 0 Å². The first-order valence-electron chi connectivity index (χ1n) is 7.37. The van der Waals surface area contributed by atoms with E-state index in [-0.39, 0.29) is 6.42 Å². The van der Waals surface area contributed by atoms with Gasteiger partial charge in [0.15, 0.2) is 0 Å². The summed E-state index contributed by atoms with van der Waals surface area (Å²) in [6, 6.07) is 16.1. The van der Waals surface area contributed by atoms with Crippen molar-refractivity contribution in [2.45, 2.75) is 18.7 Å². The zero-order valence-corrected chi connectivity index (χ0v) is 14.2. The highest BCUT2D eigenvalue weighted by atomic mass is 31.2. The molecule has 2 rings (SSSR count). The molecule has 0 spiro atoms. The summed E-state index contributed by atoms with van der Waals surface area (Å²) in [7, 11) is -2.78. The van der Waals surface area contributed by atoms with Gasteiger partial charge in [0.25, 0.3) is 0 Å². The lowest BCUT2D eigenvalue weighted by atomic mass is 10.1. The average molecular weight is 349 g/mol. The van der Waals surface area contributed by atoms with E-state index in [1.807, 2.05) is 30.3 Å². The normalized spacial score (nSPS) is 13.0. The molecular formula is C17H20NO5P. The van der Waals surface area contributed by atoms with E-state index in [4.69, 9.17) is 9.57 Å². The van der Waals surface area contributed by atoms with Crippen LogP contribution in [0.2, 0.25) is 0 Å². The van der Waals surface area contributed by atoms with Crippen molar-refractivity contribution >= 4 is 13.8 Å². The zero-order valence-electron chi connectivity index (χ0n) is 13.3.